The summed E-state index contributed by atoms with van der Waals surface area (Å²) in [4.78, 5) is 38.9. The lowest BCUT2D eigenvalue weighted by Crippen LogP contribution is -2.45. The Morgan fingerprint density at radius 3 is 2.37 bits per heavy atom. The first-order chi connectivity index (χ1) is 12.6. The molecule has 0 saturated carbocycles. The molecule has 0 aromatic heterocycles. The van der Waals surface area contributed by atoms with Gasteiger partial charge < -0.3 is 14.4 Å². The summed E-state index contributed by atoms with van der Waals surface area (Å²) in [5.41, 5.74) is -0.641. The number of amides is 1. The van der Waals surface area contributed by atoms with Gasteiger partial charge in [0.25, 0.3) is 0 Å². The quantitative estimate of drug-likeness (QED) is 0.506. The van der Waals surface area contributed by atoms with E-state index in [1.807, 2.05) is 0 Å². The molecule has 148 valence electrons. The van der Waals surface area contributed by atoms with Crippen molar-refractivity contribution in [3.63, 3.8) is 0 Å². The van der Waals surface area contributed by atoms with Crippen LogP contribution in [0.1, 0.15) is 32.4 Å². The smallest absolute Gasteiger partial charge is 0.340 e. The summed E-state index contributed by atoms with van der Waals surface area (Å²) in [5.74, 6) is -2.35. The van der Waals surface area contributed by atoms with E-state index in [0.717, 1.165) is 11.8 Å². The SMILES string of the molecule is COC(=O)[C@@H]1S[C@@H](C(=O)OC(C)(C)C)N(C(=O)CBr)[C@H]1c1ccccc1F. The van der Waals surface area contributed by atoms with Crippen molar-refractivity contribution in [2.24, 2.45) is 0 Å². The number of thioether (sulfide) groups is 1. The third-order valence-electron chi connectivity index (χ3n) is 3.78. The molecule has 0 radical (unpaired) electrons. The third-order valence-corrected chi connectivity index (χ3v) is 5.68. The Bertz CT molecular complexity index is 739. The van der Waals surface area contributed by atoms with Crippen LogP contribution in [-0.4, -0.2) is 51.4 Å². The topological polar surface area (TPSA) is 72.9 Å². The van der Waals surface area contributed by atoms with Gasteiger partial charge in [-0.1, -0.05) is 34.1 Å². The van der Waals surface area contributed by atoms with Gasteiger partial charge in [0.1, 0.15) is 16.7 Å². The van der Waals surface area contributed by atoms with Crippen molar-refractivity contribution in [2.75, 3.05) is 12.4 Å². The highest BCUT2D eigenvalue weighted by Gasteiger charge is 2.53. The zero-order valence-electron chi connectivity index (χ0n) is 15.4. The molecule has 0 bridgehead atoms. The van der Waals surface area contributed by atoms with E-state index in [2.05, 4.69) is 15.9 Å². The zero-order chi connectivity index (χ0) is 20.4. The van der Waals surface area contributed by atoms with Gasteiger partial charge in [0, 0.05) is 5.56 Å². The molecule has 1 aliphatic heterocycles. The lowest BCUT2D eigenvalue weighted by atomic mass is 10.0. The molecule has 1 aromatic rings. The first-order valence-corrected chi connectivity index (χ1v) is 10.2. The summed E-state index contributed by atoms with van der Waals surface area (Å²) in [6.45, 7) is 5.11. The van der Waals surface area contributed by atoms with Crippen LogP contribution in [0.4, 0.5) is 4.39 Å². The van der Waals surface area contributed by atoms with Crippen molar-refractivity contribution in [2.45, 2.75) is 43.0 Å². The lowest BCUT2D eigenvalue weighted by molar-refractivity contribution is -0.161. The number of esters is 2. The number of rotatable bonds is 4. The largest absolute Gasteiger partial charge is 0.468 e. The summed E-state index contributed by atoms with van der Waals surface area (Å²) >= 11 is 4.02. The number of carbonyl (C=O) groups is 3. The molecule has 1 amide bonds. The first-order valence-electron chi connectivity index (χ1n) is 8.18. The minimum Gasteiger partial charge on any atom is -0.468 e. The highest BCUT2D eigenvalue weighted by Crippen LogP contribution is 2.46. The van der Waals surface area contributed by atoms with E-state index in [0.29, 0.717) is 0 Å². The van der Waals surface area contributed by atoms with Crippen molar-refractivity contribution in [1.82, 2.24) is 4.90 Å². The number of methoxy groups -OCH3 is 1. The highest BCUT2D eigenvalue weighted by molar-refractivity contribution is 9.09. The summed E-state index contributed by atoms with van der Waals surface area (Å²) < 4.78 is 24.7. The molecule has 9 heteroatoms. The molecule has 1 heterocycles. The van der Waals surface area contributed by atoms with Crippen LogP contribution >= 0.6 is 27.7 Å². The Morgan fingerprint density at radius 1 is 1.22 bits per heavy atom. The molecule has 1 aromatic carbocycles. The second kappa shape index (κ2) is 8.60. The molecular formula is C18H21BrFNO5S. The molecular weight excluding hydrogens is 441 g/mol. The van der Waals surface area contributed by atoms with Crippen LogP contribution in [0, 0.1) is 5.82 Å². The predicted octanol–water partition coefficient (Wildman–Crippen LogP) is 3.05. The molecule has 1 saturated heterocycles. The van der Waals surface area contributed by atoms with Gasteiger partial charge in [-0.2, -0.15) is 0 Å². The lowest BCUT2D eigenvalue weighted by Gasteiger charge is -2.30. The minimum atomic E-state index is -1.09. The van der Waals surface area contributed by atoms with E-state index < -0.39 is 45.9 Å². The summed E-state index contributed by atoms with van der Waals surface area (Å²) in [5, 5.41) is -2.15. The molecule has 0 aliphatic carbocycles. The van der Waals surface area contributed by atoms with Gasteiger partial charge in [-0.3, -0.25) is 9.59 Å². The molecule has 0 spiro atoms. The normalized spacial score (nSPS) is 22.4. The van der Waals surface area contributed by atoms with Crippen LogP contribution in [0.5, 0.6) is 0 Å². The number of benzene rings is 1. The molecule has 6 nitrogen and oxygen atoms in total. The minimum absolute atomic E-state index is 0.0916. The molecule has 27 heavy (non-hydrogen) atoms. The summed E-state index contributed by atoms with van der Waals surface area (Å²) in [7, 11) is 1.21. The fraction of sp³-hybridized carbons (Fsp3) is 0.500. The van der Waals surface area contributed by atoms with Crippen molar-refractivity contribution in [1.29, 1.82) is 0 Å². The molecule has 2 rings (SSSR count). The molecule has 3 atom stereocenters. The number of alkyl halides is 1. The zero-order valence-corrected chi connectivity index (χ0v) is 17.8. The van der Waals surface area contributed by atoms with Gasteiger partial charge >= 0.3 is 11.9 Å². The van der Waals surface area contributed by atoms with Gasteiger partial charge in [-0.05, 0) is 26.8 Å². The van der Waals surface area contributed by atoms with E-state index >= 15 is 0 Å². The number of hydrogen-bond acceptors (Lipinski definition) is 6. The second-order valence-corrected chi connectivity index (χ2v) is 8.65. The number of carbonyl (C=O) groups excluding carboxylic acids is 3. The number of halogens is 2. The highest BCUT2D eigenvalue weighted by atomic mass is 79.9. The Balaban J connectivity index is 2.54. The second-order valence-electron chi connectivity index (χ2n) is 6.87. The van der Waals surface area contributed by atoms with Gasteiger partial charge in [-0.25, -0.2) is 9.18 Å². The predicted molar refractivity (Wildman–Crippen MR) is 103 cm³/mol. The average molecular weight is 462 g/mol. The van der Waals surface area contributed by atoms with Crippen LogP contribution in [-0.2, 0) is 23.9 Å². The maximum atomic E-state index is 14.5. The van der Waals surface area contributed by atoms with Gasteiger partial charge in [0.15, 0.2) is 5.37 Å². The van der Waals surface area contributed by atoms with Gasteiger partial charge in [-0.15, -0.1) is 11.8 Å². The Hall–Kier alpha value is -1.61. The van der Waals surface area contributed by atoms with Gasteiger partial charge in [0.2, 0.25) is 5.91 Å². The number of nitrogens with zero attached hydrogens (tertiary/aromatic N) is 1. The maximum absolute atomic E-state index is 14.5. The Kier molecular flexibility index (Phi) is 6.91. The molecule has 1 aliphatic rings. The van der Waals surface area contributed by atoms with Crippen LogP contribution in [0.25, 0.3) is 0 Å². The van der Waals surface area contributed by atoms with E-state index in [9.17, 15) is 18.8 Å². The number of hydrogen-bond donors (Lipinski definition) is 0. The van der Waals surface area contributed by atoms with Crippen LogP contribution in [0.3, 0.4) is 0 Å². The molecule has 1 fully saturated rings. The first kappa shape index (κ1) is 21.7. The number of ether oxygens (including phenoxy) is 2. The van der Waals surface area contributed by atoms with Crippen molar-refractivity contribution in [3.8, 4) is 0 Å². The Morgan fingerprint density at radius 2 is 1.85 bits per heavy atom. The van der Waals surface area contributed by atoms with Crippen molar-refractivity contribution in [3.05, 3.63) is 35.6 Å². The Labute approximate surface area is 169 Å². The summed E-state index contributed by atoms with van der Waals surface area (Å²) in [6.07, 6.45) is 0. The van der Waals surface area contributed by atoms with Crippen LogP contribution in [0.2, 0.25) is 0 Å². The fourth-order valence-corrected chi connectivity index (χ4v) is 4.52. The fourth-order valence-electron chi connectivity index (χ4n) is 2.78. The maximum Gasteiger partial charge on any atom is 0.340 e. The van der Waals surface area contributed by atoms with Gasteiger partial charge in [0.05, 0.1) is 18.5 Å². The van der Waals surface area contributed by atoms with Crippen molar-refractivity contribution >= 4 is 45.5 Å². The van der Waals surface area contributed by atoms with Crippen molar-refractivity contribution < 1.29 is 28.2 Å². The third kappa shape index (κ3) is 4.82. The van der Waals surface area contributed by atoms with E-state index in [-0.39, 0.29) is 10.9 Å². The van der Waals surface area contributed by atoms with E-state index in [1.165, 1.54) is 30.2 Å². The van der Waals surface area contributed by atoms with E-state index in [4.69, 9.17) is 9.47 Å². The standard InChI is InChI=1S/C18H21BrFNO5S/c1-18(2,3)26-17(24)15-21(12(22)9-19)13(14(27-15)16(23)25-4)10-7-5-6-8-11(10)20/h5-8,13-15H,9H2,1-4H3/t13-,14+,15-/m0/s1. The monoisotopic (exact) mass is 461 g/mol. The van der Waals surface area contributed by atoms with Crippen LogP contribution in [0.15, 0.2) is 24.3 Å². The van der Waals surface area contributed by atoms with E-state index in [1.54, 1.807) is 26.8 Å². The average Bonchev–Trinajstić information content (AvgIpc) is 2.99. The molecule has 0 unspecified atom stereocenters. The molecule has 0 N–H and O–H groups in total. The summed E-state index contributed by atoms with van der Waals surface area (Å²) in [6, 6.07) is 4.85. The van der Waals surface area contributed by atoms with Crippen LogP contribution < -0.4 is 0 Å².